The summed E-state index contributed by atoms with van der Waals surface area (Å²) in [5.74, 6) is 0.938. The van der Waals surface area contributed by atoms with Crippen LogP contribution in [0, 0.1) is 11.3 Å². The molecule has 8 heteroatoms. The Bertz CT molecular complexity index is 1060. The number of amides is 1. The maximum Gasteiger partial charge on any atom is 0.281 e. The minimum atomic E-state index is -1.03. The molecule has 0 radical (unpaired) electrons. The first-order chi connectivity index (χ1) is 15.9. The third-order valence-electron chi connectivity index (χ3n) is 8.72. The van der Waals surface area contributed by atoms with Gasteiger partial charge in [-0.15, -0.1) is 0 Å². The van der Waals surface area contributed by atoms with Gasteiger partial charge in [-0.2, -0.15) is 5.10 Å². The second-order valence-electron chi connectivity index (χ2n) is 10.8. The highest BCUT2D eigenvalue weighted by Gasteiger charge is 2.55. The number of rotatable bonds is 5. The fourth-order valence-corrected chi connectivity index (χ4v) is 6.71. The van der Waals surface area contributed by atoms with Crippen LogP contribution in [0.2, 0.25) is 0 Å². The van der Waals surface area contributed by atoms with E-state index in [0.29, 0.717) is 42.9 Å². The zero-order chi connectivity index (χ0) is 23.1. The van der Waals surface area contributed by atoms with Crippen molar-refractivity contribution in [3.8, 4) is 0 Å². The van der Waals surface area contributed by atoms with E-state index >= 15 is 0 Å². The van der Waals surface area contributed by atoms with Crippen LogP contribution in [0.4, 0.5) is 0 Å². The average molecular weight is 456 g/mol. The highest BCUT2D eigenvalue weighted by atomic mass is 16.3. The maximum absolute atomic E-state index is 13.1. The average Bonchev–Trinajstić information content (AvgIpc) is 3.44. The molecule has 0 aromatic carbocycles. The standard InChI is InChI=1S/C25H37N5O3/c1-28-15-20-22(27-28)23(32)30(18-26-20)17-25(33)13-14-29(16-24(25)11-5-6-12-24)21(31)10-9-19-7-3-2-4-8-19/h15,18-19,33H,2-14,16-17H2,1H3. The molecule has 3 heterocycles. The Morgan fingerprint density at radius 2 is 1.91 bits per heavy atom. The van der Waals surface area contributed by atoms with Crippen LogP contribution in [0.15, 0.2) is 17.3 Å². The quantitative estimate of drug-likeness (QED) is 0.748. The first kappa shape index (κ1) is 22.6. The Hall–Kier alpha value is -2.22. The third kappa shape index (κ3) is 4.22. The molecule has 3 aliphatic rings. The number of likely N-dealkylation sites (tertiary alicyclic amines) is 1. The smallest absolute Gasteiger partial charge is 0.281 e. The lowest BCUT2D eigenvalue weighted by Gasteiger charge is -2.52. The predicted octanol–water partition coefficient (Wildman–Crippen LogP) is 3.01. The number of hydrogen-bond donors (Lipinski definition) is 1. The summed E-state index contributed by atoms with van der Waals surface area (Å²) in [5.41, 5.74) is -0.700. The lowest BCUT2D eigenvalue weighted by molar-refractivity contribution is -0.160. The number of nitrogens with zero attached hydrogens (tertiary/aromatic N) is 5. The first-order valence-electron chi connectivity index (χ1n) is 12.8. The predicted molar refractivity (Wildman–Crippen MR) is 126 cm³/mol. The van der Waals surface area contributed by atoms with Crippen molar-refractivity contribution in [3.63, 3.8) is 0 Å². The van der Waals surface area contributed by atoms with Crippen LogP contribution in [0.1, 0.15) is 77.0 Å². The van der Waals surface area contributed by atoms with Crippen LogP contribution in [0.25, 0.3) is 11.0 Å². The molecular formula is C25H37N5O3. The fraction of sp³-hybridized carbons (Fsp3) is 0.760. The van der Waals surface area contributed by atoms with Gasteiger partial charge in [0.2, 0.25) is 5.91 Å². The molecule has 8 nitrogen and oxygen atoms in total. The SMILES string of the molecule is Cn1cc2ncn(CC3(O)CCN(C(=O)CCC4CCCCC4)CC34CCCC4)c(=O)c2n1. The minimum Gasteiger partial charge on any atom is -0.387 e. The summed E-state index contributed by atoms with van der Waals surface area (Å²) in [6, 6.07) is 0. The van der Waals surface area contributed by atoms with E-state index in [9.17, 15) is 14.7 Å². The molecule has 5 rings (SSSR count). The Labute approximate surface area is 195 Å². The number of hydrogen-bond acceptors (Lipinski definition) is 5. The van der Waals surface area contributed by atoms with E-state index in [2.05, 4.69) is 10.1 Å². The topological polar surface area (TPSA) is 93.3 Å². The van der Waals surface area contributed by atoms with Gasteiger partial charge in [0.05, 0.1) is 24.7 Å². The molecule has 1 aliphatic heterocycles. The fourth-order valence-electron chi connectivity index (χ4n) is 6.71. The van der Waals surface area contributed by atoms with Crippen LogP contribution in [-0.4, -0.2) is 53.9 Å². The zero-order valence-corrected chi connectivity index (χ0v) is 19.8. The van der Waals surface area contributed by atoms with E-state index < -0.39 is 5.60 Å². The van der Waals surface area contributed by atoms with E-state index in [-0.39, 0.29) is 23.4 Å². The van der Waals surface area contributed by atoms with Gasteiger partial charge in [-0.05, 0) is 31.6 Å². The van der Waals surface area contributed by atoms with Gasteiger partial charge in [0.1, 0.15) is 5.52 Å². The van der Waals surface area contributed by atoms with Crippen LogP contribution < -0.4 is 5.56 Å². The van der Waals surface area contributed by atoms with Crippen molar-refractivity contribution in [2.24, 2.45) is 18.4 Å². The molecular weight excluding hydrogens is 418 g/mol. The van der Waals surface area contributed by atoms with Gasteiger partial charge in [-0.1, -0.05) is 44.9 Å². The molecule has 1 spiro atoms. The van der Waals surface area contributed by atoms with E-state index in [1.807, 2.05) is 4.90 Å². The highest BCUT2D eigenvalue weighted by molar-refractivity contribution is 5.76. The van der Waals surface area contributed by atoms with Crippen LogP contribution >= 0.6 is 0 Å². The van der Waals surface area contributed by atoms with E-state index in [1.54, 1.807) is 17.9 Å². The second kappa shape index (κ2) is 8.85. The molecule has 0 bridgehead atoms. The van der Waals surface area contributed by atoms with Crippen molar-refractivity contribution in [3.05, 3.63) is 22.9 Å². The Kier molecular flexibility index (Phi) is 6.05. The Morgan fingerprint density at radius 1 is 1.15 bits per heavy atom. The molecule has 1 amide bonds. The van der Waals surface area contributed by atoms with Crippen LogP contribution in [0.5, 0.6) is 0 Å². The number of aromatic nitrogens is 4. The first-order valence-corrected chi connectivity index (χ1v) is 12.8. The van der Waals surface area contributed by atoms with Crippen molar-refractivity contribution < 1.29 is 9.90 Å². The van der Waals surface area contributed by atoms with Gasteiger partial charge < -0.3 is 10.0 Å². The largest absolute Gasteiger partial charge is 0.387 e. The van der Waals surface area contributed by atoms with Crippen molar-refractivity contribution >= 4 is 16.9 Å². The van der Waals surface area contributed by atoms with Gasteiger partial charge in [0, 0.05) is 32.0 Å². The van der Waals surface area contributed by atoms with Gasteiger partial charge in [0.25, 0.3) is 5.56 Å². The van der Waals surface area contributed by atoms with Crippen molar-refractivity contribution in [1.82, 2.24) is 24.2 Å². The number of piperidine rings is 1. The number of carbonyl (C=O) groups is 1. The molecule has 3 fully saturated rings. The summed E-state index contributed by atoms with van der Waals surface area (Å²) >= 11 is 0. The summed E-state index contributed by atoms with van der Waals surface area (Å²) in [4.78, 5) is 32.6. The van der Waals surface area contributed by atoms with Gasteiger partial charge >= 0.3 is 0 Å². The molecule has 33 heavy (non-hydrogen) atoms. The Balaban J connectivity index is 1.32. The normalized spacial score (nSPS) is 25.8. The second-order valence-corrected chi connectivity index (χ2v) is 10.8. The number of aryl methyl sites for hydroxylation is 1. The van der Waals surface area contributed by atoms with Gasteiger partial charge in [-0.3, -0.25) is 18.8 Å². The lowest BCUT2D eigenvalue weighted by Crippen LogP contribution is -2.62. The highest BCUT2D eigenvalue weighted by Crippen LogP contribution is 2.51. The molecule has 180 valence electrons. The molecule has 1 saturated heterocycles. The Morgan fingerprint density at radius 3 is 2.67 bits per heavy atom. The molecule has 1 atom stereocenters. The monoisotopic (exact) mass is 455 g/mol. The lowest BCUT2D eigenvalue weighted by atomic mass is 9.65. The molecule has 2 aliphatic carbocycles. The zero-order valence-electron chi connectivity index (χ0n) is 19.8. The molecule has 1 unspecified atom stereocenters. The van der Waals surface area contributed by atoms with Crippen molar-refractivity contribution in [2.45, 2.75) is 89.2 Å². The number of carbonyl (C=O) groups excluding carboxylic acids is 1. The molecule has 2 aromatic heterocycles. The van der Waals surface area contributed by atoms with Crippen molar-refractivity contribution in [1.29, 1.82) is 0 Å². The molecule has 2 aromatic rings. The molecule has 2 saturated carbocycles. The van der Waals surface area contributed by atoms with E-state index in [4.69, 9.17) is 0 Å². The molecule has 1 N–H and O–H groups in total. The summed E-state index contributed by atoms with van der Waals surface area (Å²) in [6.45, 7) is 1.35. The van der Waals surface area contributed by atoms with Crippen molar-refractivity contribution in [2.75, 3.05) is 13.1 Å². The summed E-state index contributed by atoms with van der Waals surface area (Å²) in [6.07, 6.45) is 15.7. The van der Waals surface area contributed by atoms with Gasteiger partial charge in [0.15, 0.2) is 5.52 Å². The third-order valence-corrected chi connectivity index (χ3v) is 8.72. The van der Waals surface area contributed by atoms with E-state index in [0.717, 1.165) is 32.1 Å². The minimum absolute atomic E-state index is 0.204. The van der Waals surface area contributed by atoms with Crippen LogP contribution in [0.3, 0.4) is 0 Å². The van der Waals surface area contributed by atoms with E-state index in [1.165, 1.54) is 43.0 Å². The summed E-state index contributed by atoms with van der Waals surface area (Å²) in [5, 5.41) is 16.2. The summed E-state index contributed by atoms with van der Waals surface area (Å²) < 4.78 is 3.12. The van der Waals surface area contributed by atoms with Crippen LogP contribution in [-0.2, 0) is 18.4 Å². The summed E-state index contributed by atoms with van der Waals surface area (Å²) in [7, 11) is 1.77. The van der Waals surface area contributed by atoms with Gasteiger partial charge in [-0.25, -0.2) is 4.98 Å². The number of fused-ring (bicyclic) bond motifs is 1. The maximum atomic E-state index is 13.1. The number of aliphatic hydroxyl groups is 1.